The highest BCUT2D eigenvalue weighted by atomic mass is 32.3. The van der Waals surface area contributed by atoms with Gasteiger partial charge in [0, 0.05) is 23.0 Å². The van der Waals surface area contributed by atoms with Gasteiger partial charge in [-0.1, -0.05) is 286 Å². The molecule has 4 unspecified atom stereocenters. The Morgan fingerprint density at radius 2 is 0.544 bits per heavy atom. The van der Waals surface area contributed by atoms with Crippen molar-refractivity contribution in [1.29, 1.82) is 0 Å². The van der Waals surface area contributed by atoms with Gasteiger partial charge in [-0.2, -0.15) is 0 Å². The molecule has 0 amide bonds. The lowest BCUT2D eigenvalue weighted by molar-refractivity contribution is 0.500. The second kappa shape index (κ2) is 31.6. The largest absolute Gasteiger partial charge is 0.117 e. The van der Waals surface area contributed by atoms with Crippen LogP contribution in [0.25, 0.3) is 0 Å². The fourth-order valence-electron chi connectivity index (χ4n) is 8.01. The zero-order valence-corrected chi connectivity index (χ0v) is 54.6. The molecule has 0 spiro atoms. The van der Waals surface area contributed by atoms with Gasteiger partial charge >= 0.3 is 0 Å². The Labute approximate surface area is 482 Å². The predicted octanol–water partition coefficient (Wildman–Crippen LogP) is 25.2. The van der Waals surface area contributed by atoms with E-state index in [1.54, 1.807) is 36.6 Å². The molecule has 378 valence electrons. The summed E-state index contributed by atoms with van der Waals surface area (Å²) in [7, 11) is 0. The van der Waals surface area contributed by atoms with Crippen molar-refractivity contribution >= 4 is 188 Å². The molecule has 0 saturated carbocycles. The standard InChI is InChI=1S/C52H74S16/c1-9-17-21-33(13-5)29-53-41-42(54-30-34(14-6)22-18-10-2)62-49(61-41)51-65-45-46(66-51)58-39(57-45)37-25-27-38(28-26-37)40-59-47-48(60-40)68-52(67-47)50-63-43(55-31-35(15-7)23-19-11-3)44(64-50)56-32-36(16-8)24-20-12-4/h25,27,33-36H,9-24,26,28-32H2,1-8H3. The average Bonchev–Trinajstić information content (AvgIpc) is 4.23. The molecule has 7 aliphatic rings. The Morgan fingerprint density at radius 3 is 0.750 bits per heavy atom. The van der Waals surface area contributed by atoms with E-state index in [1.807, 2.05) is 0 Å². The fourth-order valence-corrected chi connectivity index (χ4v) is 34.3. The van der Waals surface area contributed by atoms with E-state index in [-0.39, 0.29) is 0 Å². The molecule has 0 nitrogen and oxygen atoms in total. The minimum atomic E-state index is 0.832. The van der Waals surface area contributed by atoms with E-state index in [2.05, 4.69) is 256 Å². The number of thioether (sulfide) groups is 16. The van der Waals surface area contributed by atoms with Crippen LogP contribution in [0.4, 0.5) is 0 Å². The van der Waals surface area contributed by atoms with Crippen LogP contribution in [0.15, 0.2) is 82.6 Å². The van der Waals surface area contributed by atoms with E-state index < -0.39 is 0 Å². The normalized spacial score (nSPS) is 21.6. The Hall–Kier alpha value is 3.26. The molecule has 1 aliphatic carbocycles. The van der Waals surface area contributed by atoms with Gasteiger partial charge in [-0.3, -0.25) is 0 Å². The van der Waals surface area contributed by atoms with E-state index in [1.165, 1.54) is 160 Å². The predicted molar refractivity (Wildman–Crippen MR) is 349 cm³/mol. The molecule has 0 radical (unpaired) electrons. The second-order valence-electron chi connectivity index (χ2n) is 18.0. The highest BCUT2D eigenvalue weighted by molar-refractivity contribution is 8.51. The summed E-state index contributed by atoms with van der Waals surface area (Å²) in [5, 5.41) is 0. The molecule has 6 aliphatic heterocycles. The Balaban J connectivity index is 0.928. The van der Waals surface area contributed by atoms with E-state index in [0.717, 1.165) is 36.5 Å². The highest BCUT2D eigenvalue weighted by Gasteiger charge is 2.38. The third-order valence-electron chi connectivity index (χ3n) is 12.9. The minimum Gasteiger partial charge on any atom is -0.117 e. The van der Waals surface area contributed by atoms with Crippen LogP contribution < -0.4 is 0 Å². The molecule has 0 N–H and O–H groups in total. The summed E-state index contributed by atoms with van der Waals surface area (Å²) < 4.78 is 21.7. The van der Waals surface area contributed by atoms with Gasteiger partial charge in [0.05, 0.1) is 59.3 Å². The monoisotopic (exact) mass is 1210 g/mol. The summed E-state index contributed by atoms with van der Waals surface area (Å²) in [6, 6.07) is 0. The molecular weight excluding hydrogens is 1140 g/mol. The average molecular weight is 1210 g/mol. The molecule has 0 aromatic rings. The lowest BCUT2D eigenvalue weighted by Crippen LogP contribution is -2.03. The molecule has 0 aromatic heterocycles. The number of allylic oxidation sites excluding steroid dienone is 4. The molecular formula is C52H74S16. The van der Waals surface area contributed by atoms with E-state index in [0.29, 0.717) is 0 Å². The maximum absolute atomic E-state index is 2.47. The van der Waals surface area contributed by atoms with Crippen molar-refractivity contribution in [3.8, 4) is 0 Å². The third-order valence-corrected chi connectivity index (χ3v) is 37.4. The van der Waals surface area contributed by atoms with Crippen molar-refractivity contribution in [3.05, 3.63) is 82.6 Å². The molecule has 4 atom stereocenters. The van der Waals surface area contributed by atoms with Crippen LogP contribution in [0.2, 0.25) is 0 Å². The molecule has 0 fully saturated rings. The van der Waals surface area contributed by atoms with Gasteiger partial charge in [0.1, 0.15) is 0 Å². The van der Waals surface area contributed by atoms with Crippen LogP contribution in [0, 0.1) is 23.7 Å². The molecule has 0 bridgehead atoms. The maximum atomic E-state index is 2.47. The van der Waals surface area contributed by atoms with E-state index in [9.17, 15) is 0 Å². The zero-order valence-electron chi connectivity index (χ0n) is 41.6. The van der Waals surface area contributed by atoms with Crippen molar-refractivity contribution in [2.75, 3.05) is 23.0 Å². The van der Waals surface area contributed by atoms with Crippen molar-refractivity contribution in [3.63, 3.8) is 0 Å². The third kappa shape index (κ3) is 17.1. The molecule has 7 rings (SSSR count). The van der Waals surface area contributed by atoms with Crippen molar-refractivity contribution < 1.29 is 0 Å². The van der Waals surface area contributed by atoms with Gasteiger partial charge in [0.2, 0.25) is 0 Å². The summed E-state index contributed by atoms with van der Waals surface area (Å²) in [6.45, 7) is 18.9. The summed E-state index contributed by atoms with van der Waals surface area (Å²) in [5.41, 5.74) is 3.08. The second-order valence-corrected chi connectivity index (χ2v) is 38.0. The van der Waals surface area contributed by atoms with Gasteiger partial charge in [0.15, 0.2) is 0 Å². The smallest absolute Gasteiger partial charge is 0.0718 e. The first kappa shape index (κ1) is 58.9. The summed E-state index contributed by atoms with van der Waals surface area (Å²) in [4.78, 5) is 0. The fraction of sp³-hybridized carbons (Fsp3) is 0.654. The van der Waals surface area contributed by atoms with Gasteiger partial charge < -0.3 is 0 Å². The first-order chi connectivity index (χ1) is 33.3. The van der Waals surface area contributed by atoms with Gasteiger partial charge in [-0.05, 0) is 73.3 Å². The van der Waals surface area contributed by atoms with Crippen molar-refractivity contribution in [1.82, 2.24) is 0 Å². The maximum Gasteiger partial charge on any atom is 0.0718 e. The lowest BCUT2D eigenvalue weighted by atomic mass is 10.00. The van der Waals surface area contributed by atoms with Crippen LogP contribution >= 0.6 is 188 Å². The first-order valence-electron chi connectivity index (χ1n) is 25.5. The quantitative estimate of drug-likeness (QED) is 0.0729. The SMILES string of the molecule is CCCCC(CC)CSC1=C(SCC(CC)CCCC)SC(=C2SC3=C(SC(=C4C=CC(=C5SC6=C(S5)SC(=C5SC(SCC(CC)CCCC)=C(SCC(CC)CCCC)S5)S6)CC4)S3)S2)S1. The Kier molecular flexibility index (Phi) is 27.4. The molecule has 6 heterocycles. The molecule has 68 heavy (non-hydrogen) atoms. The summed E-state index contributed by atoms with van der Waals surface area (Å²) in [5.74, 6) is 8.40. The topological polar surface area (TPSA) is 0 Å². The van der Waals surface area contributed by atoms with Crippen LogP contribution in [-0.4, -0.2) is 23.0 Å². The Morgan fingerprint density at radius 1 is 0.324 bits per heavy atom. The number of rotatable bonds is 28. The number of hydrogen-bond acceptors (Lipinski definition) is 16. The minimum absolute atomic E-state index is 0.832. The van der Waals surface area contributed by atoms with Crippen molar-refractivity contribution in [2.24, 2.45) is 23.7 Å². The van der Waals surface area contributed by atoms with Gasteiger partial charge in [-0.15, -0.1) is 47.0 Å². The molecule has 0 saturated heterocycles. The van der Waals surface area contributed by atoms with Gasteiger partial charge in [0.25, 0.3) is 0 Å². The van der Waals surface area contributed by atoms with Crippen LogP contribution in [-0.2, 0) is 0 Å². The highest BCUT2D eigenvalue weighted by Crippen LogP contribution is 2.73. The Bertz CT molecular complexity index is 1780. The zero-order chi connectivity index (χ0) is 47.8. The van der Waals surface area contributed by atoms with Crippen LogP contribution in [0.1, 0.15) is 171 Å². The van der Waals surface area contributed by atoms with Crippen LogP contribution in [0.3, 0.4) is 0 Å². The molecule has 16 heteroatoms. The van der Waals surface area contributed by atoms with E-state index in [4.69, 9.17) is 0 Å². The number of unbranched alkanes of at least 4 members (excludes halogenated alkanes) is 4. The van der Waals surface area contributed by atoms with Crippen molar-refractivity contribution in [2.45, 2.75) is 171 Å². The number of hydrogen-bond donors (Lipinski definition) is 0. The summed E-state index contributed by atoms with van der Waals surface area (Å²) >= 11 is 33.6. The lowest BCUT2D eigenvalue weighted by Gasteiger charge is -2.16. The van der Waals surface area contributed by atoms with E-state index >= 15 is 0 Å². The summed E-state index contributed by atoms with van der Waals surface area (Å²) in [6.07, 6.45) is 28.6. The first-order valence-corrected chi connectivity index (χ1v) is 39.3. The van der Waals surface area contributed by atoms with Gasteiger partial charge in [-0.25, -0.2) is 0 Å². The van der Waals surface area contributed by atoms with Crippen LogP contribution in [0.5, 0.6) is 0 Å². The molecule has 0 aromatic carbocycles.